The van der Waals surface area contributed by atoms with Crippen molar-refractivity contribution >= 4 is 5.97 Å². The van der Waals surface area contributed by atoms with Gasteiger partial charge in [-0.2, -0.15) is 10.2 Å². The number of carbonyl (C=O) groups excluding carboxylic acids is 1. The van der Waals surface area contributed by atoms with Crippen LogP contribution in [0.5, 0.6) is 0 Å². The first-order valence-corrected chi connectivity index (χ1v) is 6.07. The molecule has 0 radical (unpaired) electrons. The van der Waals surface area contributed by atoms with E-state index in [0.29, 0.717) is 18.0 Å². The molecule has 0 amide bonds. The molecule has 1 N–H and O–H groups in total. The summed E-state index contributed by atoms with van der Waals surface area (Å²) in [6, 6.07) is 6.93. The van der Waals surface area contributed by atoms with Crippen molar-refractivity contribution in [2.24, 2.45) is 0 Å². The van der Waals surface area contributed by atoms with Gasteiger partial charge in [0.2, 0.25) is 0 Å². The molecule has 0 spiro atoms. The van der Waals surface area contributed by atoms with Crippen LogP contribution in [0, 0.1) is 0 Å². The number of nitrogens with one attached hydrogen (secondary N) is 1. The van der Waals surface area contributed by atoms with Crippen LogP contribution >= 0.6 is 0 Å². The molecular formula is C13H12N4O3. The molecule has 20 heavy (non-hydrogen) atoms. The third kappa shape index (κ3) is 2.61. The fourth-order valence-corrected chi connectivity index (χ4v) is 1.72. The number of furan rings is 1. The van der Waals surface area contributed by atoms with Crippen molar-refractivity contribution in [1.82, 2.24) is 20.0 Å². The third-order valence-corrected chi connectivity index (χ3v) is 2.68. The van der Waals surface area contributed by atoms with Gasteiger partial charge in [-0.1, -0.05) is 0 Å². The second-order valence-electron chi connectivity index (χ2n) is 4.05. The summed E-state index contributed by atoms with van der Waals surface area (Å²) in [5, 5.41) is 10.6. The highest BCUT2D eigenvalue weighted by Crippen LogP contribution is 2.17. The molecule has 0 bridgehead atoms. The summed E-state index contributed by atoms with van der Waals surface area (Å²) in [5.74, 6) is 0.138. The van der Waals surface area contributed by atoms with Crippen LogP contribution in [0.3, 0.4) is 0 Å². The third-order valence-electron chi connectivity index (χ3n) is 2.68. The van der Waals surface area contributed by atoms with Crippen molar-refractivity contribution in [1.29, 1.82) is 0 Å². The molecule has 0 aliphatic rings. The first-order valence-electron chi connectivity index (χ1n) is 6.07. The molecule has 7 heteroatoms. The first kappa shape index (κ1) is 12.2. The highest BCUT2D eigenvalue weighted by Gasteiger charge is 2.13. The summed E-state index contributed by atoms with van der Waals surface area (Å²) < 4.78 is 12.0. The van der Waals surface area contributed by atoms with Crippen molar-refractivity contribution < 1.29 is 13.9 Å². The van der Waals surface area contributed by atoms with Gasteiger partial charge in [-0.25, -0.2) is 4.79 Å². The van der Waals surface area contributed by atoms with Crippen LogP contribution in [-0.2, 0) is 11.3 Å². The number of H-pyrrole nitrogens is 1. The van der Waals surface area contributed by atoms with E-state index in [0.717, 1.165) is 0 Å². The maximum Gasteiger partial charge on any atom is 0.356 e. The Bertz CT molecular complexity index is 670. The lowest BCUT2D eigenvalue weighted by Gasteiger charge is -2.02. The lowest BCUT2D eigenvalue weighted by molar-refractivity contribution is 0.0481. The van der Waals surface area contributed by atoms with Gasteiger partial charge in [-0.3, -0.25) is 9.78 Å². The maximum atomic E-state index is 11.8. The molecular weight excluding hydrogens is 260 g/mol. The standard InChI is InChI=1S/C13H12N4O3/c18-13(20-8-6-17-5-2-4-14-17)11-9-10(15-16-11)12-3-1-7-19-12/h1-5,7,9H,6,8H2,(H,15,16). The first-order chi connectivity index (χ1) is 9.83. The normalized spacial score (nSPS) is 10.6. The zero-order valence-corrected chi connectivity index (χ0v) is 10.5. The van der Waals surface area contributed by atoms with Gasteiger partial charge < -0.3 is 9.15 Å². The Morgan fingerprint density at radius 2 is 2.40 bits per heavy atom. The minimum atomic E-state index is -0.456. The number of aromatic amines is 1. The van der Waals surface area contributed by atoms with Crippen molar-refractivity contribution in [3.8, 4) is 11.5 Å². The largest absolute Gasteiger partial charge is 0.463 e. The van der Waals surface area contributed by atoms with Crippen molar-refractivity contribution in [3.63, 3.8) is 0 Å². The van der Waals surface area contributed by atoms with E-state index in [1.54, 1.807) is 41.5 Å². The van der Waals surface area contributed by atoms with Gasteiger partial charge in [0.25, 0.3) is 0 Å². The summed E-state index contributed by atoms with van der Waals surface area (Å²) in [6.45, 7) is 0.757. The molecule has 0 fully saturated rings. The summed E-state index contributed by atoms with van der Waals surface area (Å²) in [6.07, 6.45) is 5.03. The Labute approximate surface area is 114 Å². The summed E-state index contributed by atoms with van der Waals surface area (Å²) in [5.41, 5.74) is 0.853. The van der Waals surface area contributed by atoms with Crippen LogP contribution in [-0.4, -0.2) is 32.6 Å². The van der Waals surface area contributed by atoms with Crippen molar-refractivity contribution in [2.75, 3.05) is 6.61 Å². The Kier molecular flexibility index (Phi) is 3.32. The molecule has 0 atom stereocenters. The zero-order valence-electron chi connectivity index (χ0n) is 10.5. The maximum absolute atomic E-state index is 11.8. The lowest BCUT2D eigenvalue weighted by atomic mass is 10.3. The van der Waals surface area contributed by atoms with Gasteiger partial charge >= 0.3 is 5.97 Å². The van der Waals surface area contributed by atoms with Crippen molar-refractivity contribution in [3.05, 3.63) is 48.6 Å². The van der Waals surface area contributed by atoms with Gasteiger partial charge in [-0.15, -0.1) is 0 Å². The van der Waals surface area contributed by atoms with Gasteiger partial charge in [0.15, 0.2) is 5.76 Å². The predicted octanol–water partition coefficient (Wildman–Crippen LogP) is 1.72. The van der Waals surface area contributed by atoms with E-state index >= 15 is 0 Å². The van der Waals surface area contributed by atoms with E-state index in [9.17, 15) is 4.79 Å². The topological polar surface area (TPSA) is 85.9 Å². The minimum absolute atomic E-state index is 0.246. The molecule has 3 heterocycles. The van der Waals surface area contributed by atoms with E-state index in [-0.39, 0.29) is 12.3 Å². The fraction of sp³-hybridized carbons (Fsp3) is 0.154. The highest BCUT2D eigenvalue weighted by atomic mass is 16.5. The lowest BCUT2D eigenvalue weighted by Crippen LogP contribution is -2.12. The summed E-state index contributed by atoms with van der Waals surface area (Å²) >= 11 is 0. The second-order valence-corrected chi connectivity index (χ2v) is 4.05. The molecule has 0 unspecified atom stereocenters. The summed E-state index contributed by atoms with van der Waals surface area (Å²) in [7, 11) is 0. The Hall–Kier alpha value is -2.83. The van der Waals surface area contributed by atoms with Crippen LogP contribution in [0.4, 0.5) is 0 Å². The molecule has 3 rings (SSSR count). The Morgan fingerprint density at radius 1 is 1.45 bits per heavy atom. The number of hydrogen-bond acceptors (Lipinski definition) is 5. The monoisotopic (exact) mass is 272 g/mol. The number of ether oxygens (including phenoxy) is 1. The zero-order chi connectivity index (χ0) is 13.8. The van der Waals surface area contributed by atoms with E-state index in [4.69, 9.17) is 9.15 Å². The van der Waals surface area contributed by atoms with Crippen LogP contribution in [0.15, 0.2) is 47.3 Å². The number of nitrogens with zero attached hydrogens (tertiary/aromatic N) is 3. The molecule has 3 aromatic heterocycles. The van der Waals surface area contributed by atoms with Gasteiger partial charge in [0.05, 0.1) is 12.8 Å². The van der Waals surface area contributed by atoms with E-state index < -0.39 is 5.97 Å². The number of rotatable bonds is 5. The van der Waals surface area contributed by atoms with Crippen molar-refractivity contribution in [2.45, 2.75) is 6.54 Å². The van der Waals surface area contributed by atoms with E-state index in [1.807, 2.05) is 6.07 Å². The number of esters is 1. The molecule has 0 aliphatic carbocycles. The van der Waals surface area contributed by atoms with Crippen LogP contribution in [0.2, 0.25) is 0 Å². The Balaban J connectivity index is 1.57. The Morgan fingerprint density at radius 3 is 3.15 bits per heavy atom. The average Bonchev–Trinajstić information content (AvgIpc) is 3.20. The van der Waals surface area contributed by atoms with Gasteiger partial charge in [-0.05, 0) is 18.2 Å². The predicted molar refractivity (Wildman–Crippen MR) is 68.8 cm³/mol. The smallest absolute Gasteiger partial charge is 0.356 e. The second kappa shape index (κ2) is 5.43. The fourth-order valence-electron chi connectivity index (χ4n) is 1.72. The quantitative estimate of drug-likeness (QED) is 0.715. The SMILES string of the molecule is O=C(OCCn1cccn1)c1cc(-c2ccco2)n[nH]1. The van der Waals surface area contributed by atoms with Crippen LogP contribution in [0.1, 0.15) is 10.5 Å². The molecule has 0 aliphatic heterocycles. The molecule has 102 valence electrons. The molecule has 7 nitrogen and oxygen atoms in total. The number of hydrogen-bond donors (Lipinski definition) is 1. The molecule has 0 saturated carbocycles. The molecule has 0 saturated heterocycles. The minimum Gasteiger partial charge on any atom is -0.463 e. The number of carbonyl (C=O) groups is 1. The average molecular weight is 272 g/mol. The highest BCUT2D eigenvalue weighted by molar-refractivity contribution is 5.88. The number of aromatic nitrogens is 4. The van der Waals surface area contributed by atoms with Crippen LogP contribution in [0.25, 0.3) is 11.5 Å². The van der Waals surface area contributed by atoms with E-state index in [2.05, 4.69) is 15.3 Å². The van der Waals surface area contributed by atoms with E-state index in [1.165, 1.54) is 0 Å². The van der Waals surface area contributed by atoms with Gasteiger partial charge in [0.1, 0.15) is 18.0 Å². The molecule has 3 aromatic rings. The summed E-state index contributed by atoms with van der Waals surface area (Å²) in [4.78, 5) is 11.8. The molecule has 0 aromatic carbocycles. The van der Waals surface area contributed by atoms with Crippen LogP contribution < -0.4 is 0 Å². The van der Waals surface area contributed by atoms with Gasteiger partial charge in [0, 0.05) is 18.5 Å².